The van der Waals surface area contributed by atoms with Crippen LogP contribution in [0.1, 0.15) is 16.7 Å². The lowest BCUT2D eigenvalue weighted by atomic mass is 10.1. The Kier molecular flexibility index (Phi) is 6.80. The Hall–Kier alpha value is -1.98. The molecule has 0 aliphatic carbocycles. The standard InChI is InChI=1S/C21H23ClN2O2S/c1-15-7-8-17-12-19(27-18(17)11-15)21(26)24(10-9-23-20(25)13-22)14-16-5-3-2-4-6-16/h2-8,11,19H,9-10,12-14H2,1H3,(H,23,25). The molecule has 2 aromatic carbocycles. The number of nitrogens with zero attached hydrogens (tertiary/aromatic N) is 1. The molecule has 0 aromatic heterocycles. The van der Waals surface area contributed by atoms with Gasteiger partial charge in [-0.3, -0.25) is 9.59 Å². The number of nitrogens with one attached hydrogen (secondary N) is 1. The van der Waals surface area contributed by atoms with Gasteiger partial charge in [-0.05, 0) is 30.5 Å². The number of carbonyl (C=O) groups excluding carboxylic acids is 2. The van der Waals surface area contributed by atoms with Gasteiger partial charge in [-0.15, -0.1) is 23.4 Å². The summed E-state index contributed by atoms with van der Waals surface area (Å²) in [5.74, 6) is -0.181. The number of hydrogen-bond acceptors (Lipinski definition) is 3. The number of carbonyl (C=O) groups is 2. The van der Waals surface area contributed by atoms with Crippen molar-refractivity contribution in [2.24, 2.45) is 0 Å². The van der Waals surface area contributed by atoms with Crippen molar-refractivity contribution in [2.75, 3.05) is 19.0 Å². The third-order valence-electron chi connectivity index (χ3n) is 4.53. The SMILES string of the molecule is Cc1ccc2c(c1)SC(C(=O)N(CCNC(=O)CCl)Cc1ccccc1)C2. The van der Waals surface area contributed by atoms with Gasteiger partial charge in [0, 0.05) is 24.5 Å². The molecule has 1 aliphatic heterocycles. The van der Waals surface area contributed by atoms with Gasteiger partial charge in [0.05, 0.1) is 5.25 Å². The molecule has 2 aromatic rings. The maximum atomic E-state index is 13.2. The van der Waals surface area contributed by atoms with E-state index in [2.05, 4.69) is 30.4 Å². The summed E-state index contributed by atoms with van der Waals surface area (Å²) in [6.07, 6.45) is 0.748. The van der Waals surface area contributed by atoms with Crippen molar-refractivity contribution in [1.29, 1.82) is 0 Å². The van der Waals surface area contributed by atoms with Gasteiger partial charge in [0.2, 0.25) is 11.8 Å². The Morgan fingerprint density at radius 2 is 2.00 bits per heavy atom. The number of rotatable bonds is 7. The van der Waals surface area contributed by atoms with Crippen molar-refractivity contribution in [2.45, 2.75) is 30.0 Å². The van der Waals surface area contributed by atoms with Gasteiger partial charge in [0.15, 0.2) is 0 Å². The van der Waals surface area contributed by atoms with Gasteiger partial charge in [-0.25, -0.2) is 0 Å². The van der Waals surface area contributed by atoms with Gasteiger partial charge < -0.3 is 10.2 Å². The largest absolute Gasteiger partial charge is 0.353 e. The molecule has 1 atom stereocenters. The summed E-state index contributed by atoms with van der Waals surface area (Å²) in [4.78, 5) is 27.7. The first kappa shape index (κ1) is 19.8. The van der Waals surface area contributed by atoms with Gasteiger partial charge in [-0.2, -0.15) is 0 Å². The number of amides is 2. The number of alkyl halides is 1. The van der Waals surface area contributed by atoms with E-state index in [9.17, 15) is 9.59 Å². The number of fused-ring (bicyclic) bond motifs is 1. The lowest BCUT2D eigenvalue weighted by molar-refractivity contribution is -0.131. The van der Waals surface area contributed by atoms with Crippen LogP contribution in [0.15, 0.2) is 53.4 Å². The van der Waals surface area contributed by atoms with E-state index < -0.39 is 0 Å². The second kappa shape index (κ2) is 9.29. The molecule has 4 nitrogen and oxygen atoms in total. The summed E-state index contributed by atoms with van der Waals surface area (Å²) in [6.45, 7) is 3.45. The maximum absolute atomic E-state index is 13.2. The van der Waals surface area contributed by atoms with Crippen LogP contribution in [0, 0.1) is 6.92 Å². The van der Waals surface area contributed by atoms with Crippen LogP contribution < -0.4 is 5.32 Å². The highest BCUT2D eigenvalue weighted by Crippen LogP contribution is 2.38. The minimum Gasteiger partial charge on any atom is -0.353 e. The quantitative estimate of drug-likeness (QED) is 0.722. The Bertz CT molecular complexity index is 813. The van der Waals surface area contributed by atoms with Crippen molar-refractivity contribution in [3.8, 4) is 0 Å². The molecule has 0 fully saturated rings. The predicted octanol–water partition coefficient (Wildman–Crippen LogP) is 3.40. The third-order valence-corrected chi connectivity index (χ3v) is 6.06. The molecule has 3 rings (SSSR count). The molecule has 1 aliphatic rings. The highest BCUT2D eigenvalue weighted by atomic mass is 35.5. The van der Waals surface area contributed by atoms with E-state index in [0.29, 0.717) is 19.6 Å². The average Bonchev–Trinajstić information content (AvgIpc) is 3.10. The molecule has 0 saturated heterocycles. The van der Waals surface area contributed by atoms with Crippen molar-refractivity contribution in [3.05, 3.63) is 65.2 Å². The highest BCUT2D eigenvalue weighted by molar-refractivity contribution is 8.01. The number of benzene rings is 2. The van der Waals surface area contributed by atoms with E-state index >= 15 is 0 Å². The molecule has 1 unspecified atom stereocenters. The monoisotopic (exact) mass is 402 g/mol. The molecule has 0 spiro atoms. The zero-order valence-corrected chi connectivity index (χ0v) is 16.9. The maximum Gasteiger partial charge on any atom is 0.236 e. The lowest BCUT2D eigenvalue weighted by Gasteiger charge is -2.25. The van der Waals surface area contributed by atoms with Crippen LogP contribution >= 0.6 is 23.4 Å². The van der Waals surface area contributed by atoms with Gasteiger partial charge in [0.1, 0.15) is 5.88 Å². The van der Waals surface area contributed by atoms with Crippen LogP contribution in [0.2, 0.25) is 0 Å². The fraction of sp³-hybridized carbons (Fsp3) is 0.333. The first-order valence-electron chi connectivity index (χ1n) is 8.98. The normalized spacial score (nSPS) is 15.3. The van der Waals surface area contributed by atoms with Crippen molar-refractivity contribution in [3.63, 3.8) is 0 Å². The Morgan fingerprint density at radius 1 is 1.22 bits per heavy atom. The molecule has 0 bridgehead atoms. The lowest BCUT2D eigenvalue weighted by Crippen LogP contribution is -2.42. The molecule has 2 amide bonds. The second-order valence-corrected chi connectivity index (χ2v) is 8.16. The topological polar surface area (TPSA) is 49.4 Å². The summed E-state index contributed by atoms with van der Waals surface area (Å²) in [5, 5.41) is 2.63. The van der Waals surface area contributed by atoms with E-state index in [0.717, 1.165) is 12.0 Å². The Balaban J connectivity index is 1.69. The number of halogens is 1. The molecule has 27 heavy (non-hydrogen) atoms. The van der Waals surface area contributed by atoms with Crippen molar-refractivity contribution >= 4 is 35.2 Å². The number of thioether (sulfide) groups is 1. The third kappa shape index (κ3) is 5.27. The summed E-state index contributed by atoms with van der Waals surface area (Å²) < 4.78 is 0. The van der Waals surface area contributed by atoms with E-state index in [1.165, 1.54) is 16.0 Å². The number of aryl methyl sites for hydroxylation is 1. The smallest absolute Gasteiger partial charge is 0.236 e. The Morgan fingerprint density at radius 3 is 2.74 bits per heavy atom. The van der Waals surface area contributed by atoms with Crippen molar-refractivity contribution < 1.29 is 9.59 Å². The molecular formula is C21H23ClN2O2S. The van der Waals surface area contributed by atoms with Gasteiger partial charge >= 0.3 is 0 Å². The average molecular weight is 403 g/mol. The van der Waals surface area contributed by atoms with Gasteiger partial charge in [-0.1, -0.05) is 48.0 Å². The van der Waals surface area contributed by atoms with Crippen LogP contribution in [0.3, 0.4) is 0 Å². The van der Waals surface area contributed by atoms with E-state index in [1.807, 2.05) is 35.2 Å². The van der Waals surface area contributed by atoms with Crippen LogP contribution in [0.25, 0.3) is 0 Å². The van der Waals surface area contributed by atoms with Crippen LogP contribution in [-0.4, -0.2) is 40.9 Å². The van der Waals surface area contributed by atoms with E-state index in [-0.39, 0.29) is 22.9 Å². The zero-order valence-electron chi connectivity index (χ0n) is 15.3. The summed E-state index contributed by atoms with van der Waals surface area (Å²) in [6, 6.07) is 16.3. The van der Waals surface area contributed by atoms with Crippen LogP contribution in [0.4, 0.5) is 0 Å². The summed E-state index contributed by atoms with van der Waals surface area (Å²) in [7, 11) is 0. The molecule has 1 heterocycles. The molecule has 1 N–H and O–H groups in total. The highest BCUT2D eigenvalue weighted by Gasteiger charge is 2.31. The first-order valence-corrected chi connectivity index (χ1v) is 10.4. The fourth-order valence-electron chi connectivity index (χ4n) is 3.12. The van der Waals surface area contributed by atoms with Gasteiger partial charge in [0.25, 0.3) is 0 Å². The number of hydrogen-bond donors (Lipinski definition) is 1. The molecule has 0 saturated carbocycles. The molecule has 142 valence electrons. The zero-order chi connectivity index (χ0) is 19.2. The Labute approximate surface area is 169 Å². The molecule has 0 radical (unpaired) electrons. The summed E-state index contributed by atoms with van der Waals surface area (Å²) >= 11 is 7.17. The first-order chi connectivity index (χ1) is 13.1. The predicted molar refractivity (Wildman–Crippen MR) is 110 cm³/mol. The summed E-state index contributed by atoms with van der Waals surface area (Å²) in [5.41, 5.74) is 3.52. The minimum absolute atomic E-state index is 0.0697. The fourth-order valence-corrected chi connectivity index (χ4v) is 4.60. The second-order valence-electron chi connectivity index (χ2n) is 6.65. The molecular weight excluding hydrogens is 380 g/mol. The van der Waals surface area contributed by atoms with E-state index in [4.69, 9.17) is 11.6 Å². The van der Waals surface area contributed by atoms with Crippen LogP contribution in [-0.2, 0) is 22.6 Å². The molecule has 6 heteroatoms. The van der Waals surface area contributed by atoms with Crippen LogP contribution in [0.5, 0.6) is 0 Å². The van der Waals surface area contributed by atoms with Crippen molar-refractivity contribution in [1.82, 2.24) is 10.2 Å². The van der Waals surface area contributed by atoms with E-state index in [1.54, 1.807) is 11.8 Å². The minimum atomic E-state index is -0.220.